The van der Waals surface area contributed by atoms with E-state index in [0.717, 1.165) is 70.0 Å². The minimum atomic E-state index is -0.611. The SMILES string of the molecule is CC(C)CCC(C)CN(C1CCNCC1)C1CCN(C(=O)C(Cc2ccc(Cl)cc2)NC(=O)CC2NCCc3ccccc32)CC1. The highest BCUT2D eigenvalue weighted by Gasteiger charge is 2.35. The minimum absolute atomic E-state index is 0.0254. The van der Waals surface area contributed by atoms with Crippen LogP contribution in [0.1, 0.15) is 88.4 Å². The maximum absolute atomic E-state index is 14.1. The van der Waals surface area contributed by atoms with E-state index in [-0.39, 0.29) is 17.9 Å². The van der Waals surface area contributed by atoms with Crippen LogP contribution < -0.4 is 16.0 Å². The third-order valence-electron chi connectivity index (χ3n) is 10.4. The van der Waals surface area contributed by atoms with Gasteiger partial charge in [-0.05, 0) is 98.8 Å². The van der Waals surface area contributed by atoms with E-state index in [1.165, 1.54) is 36.8 Å². The number of likely N-dealkylation sites (tertiary alicyclic amines) is 1. The average molecular weight is 650 g/mol. The molecule has 2 aromatic rings. The highest BCUT2D eigenvalue weighted by Crippen LogP contribution is 2.28. The summed E-state index contributed by atoms with van der Waals surface area (Å²) in [7, 11) is 0. The van der Waals surface area contributed by atoms with Gasteiger partial charge in [0.25, 0.3) is 0 Å². The van der Waals surface area contributed by atoms with Crippen molar-refractivity contribution in [2.24, 2.45) is 11.8 Å². The van der Waals surface area contributed by atoms with Crippen molar-refractivity contribution in [3.05, 3.63) is 70.2 Å². The van der Waals surface area contributed by atoms with Gasteiger partial charge in [-0.3, -0.25) is 14.5 Å². The Labute approximate surface area is 282 Å². The number of nitrogens with one attached hydrogen (secondary N) is 3. The number of halogens is 1. The van der Waals surface area contributed by atoms with Crippen LogP contribution in [0.5, 0.6) is 0 Å². The summed E-state index contributed by atoms with van der Waals surface area (Å²) in [6.07, 6.45) is 8.64. The van der Waals surface area contributed by atoms with E-state index >= 15 is 0 Å². The summed E-state index contributed by atoms with van der Waals surface area (Å²) in [6, 6.07) is 16.4. The number of hydrogen-bond donors (Lipinski definition) is 3. The van der Waals surface area contributed by atoms with Crippen LogP contribution in [0.25, 0.3) is 0 Å². The molecule has 0 spiro atoms. The number of carbonyl (C=O) groups excluding carboxylic acids is 2. The first-order valence-corrected chi connectivity index (χ1v) is 18.2. The summed E-state index contributed by atoms with van der Waals surface area (Å²) in [5.74, 6) is 1.34. The van der Waals surface area contributed by atoms with Crippen molar-refractivity contribution in [3.63, 3.8) is 0 Å². The van der Waals surface area contributed by atoms with Crippen LogP contribution in [0.3, 0.4) is 0 Å². The Bertz CT molecular complexity index is 1260. The number of amides is 2. The van der Waals surface area contributed by atoms with Crippen molar-refractivity contribution in [1.82, 2.24) is 25.8 Å². The molecule has 2 saturated heterocycles. The van der Waals surface area contributed by atoms with Gasteiger partial charge in [0.2, 0.25) is 11.8 Å². The van der Waals surface area contributed by atoms with Crippen molar-refractivity contribution in [1.29, 1.82) is 0 Å². The van der Waals surface area contributed by atoms with Crippen LogP contribution in [0.2, 0.25) is 5.02 Å². The zero-order valence-electron chi connectivity index (χ0n) is 28.3. The fraction of sp³-hybridized carbons (Fsp3) is 0.632. The second-order valence-electron chi connectivity index (χ2n) is 14.4. The summed E-state index contributed by atoms with van der Waals surface area (Å²) in [5, 5.41) is 10.9. The van der Waals surface area contributed by atoms with Crippen LogP contribution >= 0.6 is 11.6 Å². The Hall–Kier alpha value is -2.45. The van der Waals surface area contributed by atoms with Gasteiger partial charge in [0, 0.05) is 55.6 Å². The Morgan fingerprint density at radius 2 is 1.63 bits per heavy atom. The molecule has 2 amide bonds. The van der Waals surface area contributed by atoms with E-state index in [0.29, 0.717) is 35.9 Å². The van der Waals surface area contributed by atoms with Gasteiger partial charge >= 0.3 is 0 Å². The third-order valence-corrected chi connectivity index (χ3v) is 10.6. The van der Waals surface area contributed by atoms with Gasteiger partial charge in [-0.25, -0.2) is 0 Å². The molecular formula is C38H56ClN5O2. The highest BCUT2D eigenvalue weighted by atomic mass is 35.5. The third kappa shape index (κ3) is 9.79. The molecule has 3 N–H and O–H groups in total. The molecule has 0 aliphatic carbocycles. The molecule has 252 valence electrons. The van der Waals surface area contributed by atoms with E-state index in [9.17, 15) is 9.59 Å². The zero-order valence-corrected chi connectivity index (χ0v) is 29.0. The Morgan fingerprint density at radius 1 is 0.935 bits per heavy atom. The summed E-state index contributed by atoms with van der Waals surface area (Å²) in [5.41, 5.74) is 3.47. The van der Waals surface area contributed by atoms with Crippen LogP contribution in [-0.4, -0.2) is 79.0 Å². The minimum Gasteiger partial charge on any atom is -0.344 e. The average Bonchev–Trinajstić information content (AvgIpc) is 3.07. The molecule has 3 aliphatic heterocycles. The highest BCUT2D eigenvalue weighted by molar-refractivity contribution is 6.30. The van der Waals surface area contributed by atoms with Gasteiger partial charge in [0.05, 0.1) is 0 Å². The smallest absolute Gasteiger partial charge is 0.245 e. The van der Waals surface area contributed by atoms with Crippen LogP contribution in [-0.2, 0) is 22.4 Å². The molecule has 0 radical (unpaired) electrons. The van der Waals surface area contributed by atoms with Gasteiger partial charge in [-0.1, -0.05) is 75.2 Å². The van der Waals surface area contributed by atoms with E-state index in [4.69, 9.17) is 11.6 Å². The first-order valence-electron chi connectivity index (χ1n) is 17.9. The van der Waals surface area contributed by atoms with Crippen LogP contribution in [0.4, 0.5) is 0 Å². The maximum atomic E-state index is 14.1. The quantitative estimate of drug-likeness (QED) is 0.257. The van der Waals surface area contributed by atoms with Crippen molar-refractivity contribution >= 4 is 23.4 Å². The second-order valence-corrected chi connectivity index (χ2v) is 14.9. The lowest BCUT2D eigenvalue weighted by atomic mass is 9.92. The number of hydrogen-bond acceptors (Lipinski definition) is 5. The summed E-state index contributed by atoms with van der Waals surface area (Å²) < 4.78 is 0. The largest absolute Gasteiger partial charge is 0.344 e. The van der Waals surface area contributed by atoms with Gasteiger partial charge in [0.1, 0.15) is 6.04 Å². The molecule has 5 rings (SSSR count). The Morgan fingerprint density at radius 3 is 2.35 bits per heavy atom. The topological polar surface area (TPSA) is 76.7 Å². The lowest BCUT2D eigenvalue weighted by molar-refractivity contribution is -0.138. The number of rotatable bonds is 13. The lowest BCUT2D eigenvalue weighted by Crippen LogP contribution is -2.56. The molecule has 3 atom stereocenters. The van der Waals surface area contributed by atoms with Gasteiger partial charge in [-0.15, -0.1) is 0 Å². The first kappa shape index (κ1) is 34.9. The Kier molecular flexibility index (Phi) is 13.0. The molecular weight excluding hydrogens is 594 g/mol. The normalized spacial score (nSPS) is 20.8. The van der Waals surface area contributed by atoms with Crippen molar-refractivity contribution < 1.29 is 9.59 Å². The summed E-state index contributed by atoms with van der Waals surface area (Å²) in [4.78, 5) is 32.5. The molecule has 3 aliphatic rings. The number of nitrogens with zero attached hydrogens (tertiary/aromatic N) is 2. The summed E-state index contributed by atoms with van der Waals surface area (Å²) in [6.45, 7) is 12.7. The summed E-state index contributed by atoms with van der Waals surface area (Å²) >= 11 is 6.17. The number of piperidine rings is 2. The monoisotopic (exact) mass is 649 g/mol. The van der Waals surface area contributed by atoms with Crippen molar-refractivity contribution in [3.8, 4) is 0 Å². The van der Waals surface area contributed by atoms with E-state index in [1.807, 2.05) is 35.2 Å². The number of benzene rings is 2. The van der Waals surface area contributed by atoms with Crippen LogP contribution in [0, 0.1) is 11.8 Å². The standard InChI is InChI=1S/C38H56ClN5O2/c1-27(2)8-9-28(3)26-44(32-15-19-40-20-16-32)33-17-22-43(23-18-33)38(46)36(24-29-10-12-31(39)13-11-29)42-37(45)25-35-34-7-5-4-6-30(34)14-21-41-35/h4-7,10-13,27-28,32-33,35-36,40-41H,8-9,14-26H2,1-3H3,(H,42,45). The molecule has 0 aromatic heterocycles. The molecule has 3 unspecified atom stereocenters. The van der Waals surface area contributed by atoms with Gasteiger partial charge < -0.3 is 20.9 Å². The van der Waals surface area contributed by atoms with Crippen molar-refractivity contribution in [2.75, 3.05) is 39.3 Å². The molecule has 8 heteroatoms. The van der Waals surface area contributed by atoms with Crippen LogP contribution in [0.15, 0.2) is 48.5 Å². The van der Waals surface area contributed by atoms with E-state index in [2.05, 4.69) is 59.8 Å². The predicted molar refractivity (Wildman–Crippen MR) is 188 cm³/mol. The van der Waals surface area contributed by atoms with Crippen molar-refractivity contribution in [2.45, 2.75) is 103 Å². The molecule has 0 bridgehead atoms. The zero-order chi connectivity index (χ0) is 32.5. The Balaban J connectivity index is 1.24. The fourth-order valence-corrected chi connectivity index (χ4v) is 7.84. The maximum Gasteiger partial charge on any atom is 0.245 e. The van der Waals surface area contributed by atoms with E-state index in [1.54, 1.807) is 0 Å². The van der Waals surface area contributed by atoms with Gasteiger partial charge in [-0.2, -0.15) is 0 Å². The second kappa shape index (κ2) is 17.1. The predicted octanol–water partition coefficient (Wildman–Crippen LogP) is 5.76. The molecule has 2 aromatic carbocycles. The van der Waals surface area contributed by atoms with E-state index < -0.39 is 6.04 Å². The lowest BCUT2D eigenvalue weighted by Gasteiger charge is -2.45. The number of carbonyl (C=O) groups is 2. The molecule has 3 heterocycles. The number of fused-ring (bicyclic) bond motifs is 1. The fourth-order valence-electron chi connectivity index (χ4n) is 7.71. The molecule has 2 fully saturated rings. The van der Waals surface area contributed by atoms with Gasteiger partial charge in [0.15, 0.2) is 0 Å². The molecule has 0 saturated carbocycles. The molecule has 7 nitrogen and oxygen atoms in total. The first-order chi connectivity index (χ1) is 22.3. The molecule has 46 heavy (non-hydrogen) atoms.